The minimum atomic E-state index is 0. The summed E-state index contributed by atoms with van der Waals surface area (Å²) in [6.45, 7) is 40.6. The molecule has 5 aromatic carbocycles. The summed E-state index contributed by atoms with van der Waals surface area (Å²) < 4.78 is 4.76. The summed E-state index contributed by atoms with van der Waals surface area (Å²) >= 11 is 19.1. The zero-order valence-electron chi connectivity index (χ0n) is 49.5. The van der Waals surface area contributed by atoms with Gasteiger partial charge in [0.25, 0.3) is 0 Å². The Kier molecular flexibility index (Phi) is 39.7. The second-order valence-corrected chi connectivity index (χ2v) is 23.1. The van der Waals surface area contributed by atoms with Gasteiger partial charge in [0.1, 0.15) is 26.2 Å². The van der Waals surface area contributed by atoms with Gasteiger partial charge in [-0.3, -0.25) is 10.3 Å². The fourth-order valence-corrected chi connectivity index (χ4v) is 9.68. The van der Waals surface area contributed by atoms with Gasteiger partial charge in [0.15, 0.2) is 0 Å². The van der Waals surface area contributed by atoms with Crippen LogP contribution in [0.25, 0.3) is 11.4 Å². The molecule has 0 bridgehead atoms. The number of para-hydroxylation sites is 4. The summed E-state index contributed by atoms with van der Waals surface area (Å²) in [6, 6.07) is 36.8. The van der Waals surface area contributed by atoms with E-state index in [1.807, 2.05) is 30.3 Å². The van der Waals surface area contributed by atoms with Crippen molar-refractivity contribution >= 4 is 81.8 Å². The van der Waals surface area contributed by atoms with Crippen LogP contribution < -0.4 is 52.1 Å². The molecular weight excluding hydrogens is 1330 g/mol. The molecule has 0 fully saturated rings. The van der Waals surface area contributed by atoms with Gasteiger partial charge in [0.2, 0.25) is 12.7 Å². The number of benzene rings is 5. The molecular formula is C63H85Cl7N8Pd2. The smallest absolute Gasteiger partial charge is 1.00 e. The van der Waals surface area contributed by atoms with Gasteiger partial charge >= 0.3 is 40.8 Å². The van der Waals surface area contributed by atoms with E-state index in [1.54, 1.807) is 0 Å². The zero-order chi connectivity index (χ0) is 55.5. The van der Waals surface area contributed by atoms with E-state index in [1.165, 1.54) is 67.3 Å². The van der Waals surface area contributed by atoms with Crippen LogP contribution in [0.15, 0.2) is 103 Å². The first-order chi connectivity index (χ1) is 35.7. The van der Waals surface area contributed by atoms with Crippen LogP contribution in [0.3, 0.4) is 0 Å². The Morgan fingerprint density at radius 3 is 0.925 bits per heavy atom. The molecule has 8 rings (SSSR count). The van der Waals surface area contributed by atoms with E-state index in [4.69, 9.17) is 46.4 Å². The molecule has 1 aromatic heterocycles. The first-order valence-electron chi connectivity index (χ1n) is 26.9. The molecule has 0 saturated carbocycles. The van der Waals surface area contributed by atoms with E-state index < -0.39 is 0 Å². The van der Waals surface area contributed by atoms with Crippen LogP contribution in [0.4, 0.5) is 22.7 Å². The summed E-state index contributed by atoms with van der Waals surface area (Å²) in [5, 5.41) is 14.6. The van der Waals surface area contributed by atoms with Gasteiger partial charge < -0.3 is 61.3 Å². The van der Waals surface area contributed by atoms with Crippen molar-refractivity contribution in [2.45, 2.75) is 158 Å². The van der Waals surface area contributed by atoms with Crippen LogP contribution in [-0.4, -0.2) is 74.2 Å². The van der Waals surface area contributed by atoms with E-state index in [0.717, 1.165) is 31.7 Å². The predicted molar refractivity (Wildman–Crippen MR) is 324 cm³/mol. The van der Waals surface area contributed by atoms with Gasteiger partial charge in [0.05, 0.1) is 10.7 Å². The predicted octanol–water partition coefficient (Wildman–Crippen LogP) is 8.85. The number of rotatable bonds is 13. The number of aromatic nitrogens is 4. The molecule has 6 aromatic rings. The number of alkyl halides is 4. The van der Waals surface area contributed by atoms with Crippen LogP contribution in [0, 0.1) is 0 Å². The van der Waals surface area contributed by atoms with Crippen LogP contribution in [0.5, 0.6) is 0 Å². The second-order valence-electron chi connectivity index (χ2n) is 21.5. The Hall–Kier alpha value is -2.54. The zero-order valence-corrected chi connectivity index (χ0v) is 57.9. The summed E-state index contributed by atoms with van der Waals surface area (Å²) in [5.74, 6) is 4.53. The average molecular weight is 1420 g/mol. The van der Waals surface area contributed by atoms with Crippen molar-refractivity contribution in [3.63, 3.8) is 0 Å². The third-order valence-electron chi connectivity index (χ3n) is 13.4. The SMILES string of the molecule is CC(C)c1cccc(C(C)C)c1N1[C-]=[N+](c2c(C(C)C)cccc2C(C)C)CC1.CC(C)c1cccc(C(C)C)c1N1[C-]=[N+](c2c(C(C)C)cccc2C(C)C)CC1.ClCCl.ClCCl.[Cl-].[Cl-].[Cl-].[Pd+2].[Pd+2].c1ccc(-c2nnn[n-]2)cc1. The van der Waals surface area contributed by atoms with E-state index in [-0.39, 0.29) is 88.7 Å². The Morgan fingerprint density at radius 1 is 0.425 bits per heavy atom. The first kappa shape index (κ1) is 79.5. The Labute approximate surface area is 548 Å². The molecule has 0 unspecified atom stereocenters. The normalized spacial score (nSPS) is 12.4. The van der Waals surface area contributed by atoms with Crippen molar-refractivity contribution in [2.75, 3.05) is 46.7 Å². The fourth-order valence-electron chi connectivity index (χ4n) is 9.68. The van der Waals surface area contributed by atoms with Crippen LogP contribution in [0.2, 0.25) is 0 Å². The summed E-state index contributed by atoms with van der Waals surface area (Å²) in [5.41, 5.74) is 17.8. The van der Waals surface area contributed by atoms with Gasteiger partial charge in [-0.2, -0.15) is 5.21 Å². The van der Waals surface area contributed by atoms with Crippen LogP contribution in [0.1, 0.15) is 203 Å². The van der Waals surface area contributed by atoms with E-state index in [2.05, 4.69) is 236 Å². The van der Waals surface area contributed by atoms with Crippen molar-refractivity contribution in [2.24, 2.45) is 0 Å². The summed E-state index contributed by atoms with van der Waals surface area (Å²) in [7, 11) is 0. The molecule has 3 heterocycles. The quantitative estimate of drug-likeness (QED) is 0.0499. The Bertz CT molecular complexity index is 2480. The van der Waals surface area contributed by atoms with Crippen molar-refractivity contribution < 1.29 is 87.2 Å². The van der Waals surface area contributed by atoms with Crippen molar-refractivity contribution in [1.82, 2.24) is 20.6 Å². The van der Waals surface area contributed by atoms with Gasteiger partial charge in [-0.15, -0.1) is 46.4 Å². The summed E-state index contributed by atoms with van der Waals surface area (Å²) in [6.07, 6.45) is 7.54. The standard InChI is InChI=1S/2C27H38N2.C7H5N4.2CH2Cl2.3ClH.2Pd/c2*1-18(2)22-11-9-12-23(19(3)4)26(22)28-15-16-29(17-28)27-24(20(5)6)13-10-14-25(27)21(7)8;1-2-4-6(5-3-1)7-8-10-11-9-7;2*2-1-3;;;;;/h2*9-14,18-21H,15-16H2,1-8H3;1-5H;2*1H2;3*1H;;/q;;-1;;;;;;2*+2/p-3. The van der Waals surface area contributed by atoms with Crippen molar-refractivity contribution in [1.29, 1.82) is 0 Å². The fraction of sp³-hybridized carbons (Fsp3) is 0.476. The number of nitrogens with zero attached hydrogens (tertiary/aromatic N) is 8. The molecule has 80 heavy (non-hydrogen) atoms. The number of hydrogen-bond acceptors (Lipinski definition) is 5. The van der Waals surface area contributed by atoms with Gasteiger partial charge in [0, 0.05) is 28.6 Å². The number of halogens is 7. The molecule has 0 spiro atoms. The second kappa shape index (κ2) is 39.9. The van der Waals surface area contributed by atoms with E-state index >= 15 is 0 Å². The molecule has 0 N–H and O–H groups in total. The molecule has 0 atom stereocenters. The Morgan fingerprint density at radius 2 is 0.688 bits per heavy atom. The maximum absolute atomic E-state index is 4.76. The van der Waals surface area contributed by atoms with Crippen molar-refractivity contribution in [3.8, 4) is 11.4 Å². The maximum atomic E-state index is 4.76. The maximum Gasteiger partial charge on any atom is 2.00 e. The third-order valence-corrected chi connectivity index (χ3v) is 13.4. The minimum absolute atomic E-state index is 0. The molecule has 8 nitrogen and oxygen atoms in total. The number of hydrogen-bond donors (Lipinski definition) is 0. The van der Waals surface area contributed by atoms with Crippen molar-refractivity contribution in [3.05, 3.63) is 148 Å². The largest absolute Gasteiger partial charge is 2.00 e. The molecule has 0 saturated heterocycles. The van der Waals surface area contributed by atoms with Gasteiger partial charge in [-0.05, 0) is 52.9 Å². The summed E-state index contributed by atoms with van der Waals surface area (Å²) in [4.78, 5) is 4.76. The minimum Gasteiger partial charge on any atom is -1.00 e. The third kappa shape index (κ3) is 21.8. The van der Waals surface area contributed by atoms with Gasteiger partial charge in [-0.1, -0.05) is 258 Å². The molecule has 0 aliphatic carbocycles. The molecule has 0 radical (unpaired) electrons. The molecule has 0 amide bonds. The van der Waals surface area contributed by atoms with Gasteiger partial charge in [-0.25, -0.2) is 0 Å². The van der Waals surface area contributed by atoms with E-state index in [0.29, 0.717) is 53.2 Å². The monoisotopic (exact) mass is 1410 g/mol. The van der Waals surface area contributed by atoms with Crippen LogP contribution in [-0.2, 0) is 40.8 Å². The van der Waals surface area contributed by atoms with Crippen LogP contribution >= 0.6 is 46.4 Å². The number of anilines is 2. The Balaban J connectivity index is 0. The molecule has 17 heteroatoms. The molecule has 2 aliphatic rings. The number of tetrazole rings is 1. The topological polar surface area (TPSA) is 65.3 Å². The molecule has 2 aliphatic heterocycles. The molecule has 446 valence electrons. The van der Waals surface area contributed by atoms with E-state index in [9.17, 15) is 0 Å². The first-order valence-corrected chi connectivity index (χ1v) is 29.0. The average Bonchev–Trinajstić information content (AvgIpc) is 4.21.